The van der Waals surface area contributed by atoms with Gasteiger partial charge in [0.1, 0.15) is 0 Å². The standard InChI is InChI=1S/C53H50F5N3/c1-50(2,3)29-13-17-33-34-18-14-30(51(4,5)6)23-39(34)60(38(33)22-29)42-21-28(27-59)37(44-45(54)47(56)49(58)48(57)46(44)55)26-43(42)61-40-24-31(52(7,8)9)15-19-35(40)36-20-16-32(25-41(36)61)53(10,11)12/h13-26H,1-12H3. The van der Waals surface area contributed by atoms with Crippen molar-refractivity contribution in [1.82, 2.24) is 9.13 Å². The Morgan fingerprint density at radius 1 is 0.393 bits per heavy atom. The normalized spacial score (nSPS) is 13.0. The van der Waals surface area contributed by atoms with Crippen molar-refractivity contribution >= 4 is 43.6 Å². The van der Waals surface area contributed by atoms with Gasteiger partial charge in [-0.2, -0.15) is 5.26 Å². The van der Waals surface area contributed by atoms with Crippen molar-refractivity contribution in [1.29, 1.82) is 5.26 Å². The lowest BCUT2D eigenvalue weighted by molar-refractivity contribution is 0.381. The van der Waals surface area contributed by atoms with E-state index < -0.39 is 40.2 Å². The minimum atomic E-state index is -2.27. The molecule has 8 heteroatoms. The first-order chi connectivity index (χ1) is 28.3. The van der Waals surface area contributed by atoms with E-state index in [1.807, 2.05) is 4.57 Å². The zero-order chi connectivity index (χ0) is 44.5. The smallest absolute Gasteiger partial charge is 0.200 e. The molecule has 0 atom stereocenters. The Bertz CT molecular complexity index is 3010. The van der Waals surface area contributed by atoms with Gasteiger partial charge in [0.15, 0.2) is 23.3 Å². The quantitative estimate of drug-likeness (QED) is 0.0993. The fraction of sp³-hybridized carbons (Fsp3) is 0.302. The van der Waals surface area contributed by atoms with Crippen LogP contribution in [0.1, 0.15) is 111 Å². The molecule has 0 saturated heterocycles. The van der Waals surface area contributed by atoms with Gasteiger partial charge in [-0.15, -0.1) is 0 Å². The van der Waals surface area contributed by atoms with E-state index in [9.17, 15) is 9.65 Å². The number of benzene rings is 6. The van der Waals surface area contributed by atoms with Crippen LogP contribution in [-0.2, 0) is 21.7 Å². The third-order valence-corrected chi connectivity index (χ3v) is 12.2. The number of halogens is 5. The van der Waals surface area contributed by atoms with Crippen molar-refractivity contribution in [3.8, 4) is 28.6 Å². The molecule has 0 bridgehead atoms. The molecule has 0 radical (unpaired) electrons. The summed E-state index contributed by atoms with van der Waals surface area (Å²) in [5.74, 6) is -10.5. The van der Waals surface area contributed by atoms with Gasteiger partial charge in [-0.25, -0.2) is 22.0 Å². The monoisotopic (exact) mass is 823 g/mol. The summed E-state index contributed by atoms with van der Waals surface area (Å²) in [6.07, 6.45) is 0. The average Bonchev–Trinajstić information content (AvgIpc) is 3.69. The maximum absolute atomic E-state index is 16.0. The van der Waals surface area contributed by atoms with Gasteiger partial charge in [-0.1, -0.05) is 132 Å². The van der Waals surface area contributed by atoms with E-state index in [-0.39, 0.29) is 27.2 Å². The molecule has 2 aromatic heterocycles. The summed E-state index contributed by atoms with van der Waals surface area (Å²) in [6, 6.07) is 30.3. The molecular weight excluding hydrogens is 774 g/mol. The molecule has 0 spiro atoms. The van der Waals surface area contributed by atoms with Gasteiger partial charge < -0.3 is 9.13 Å². The van der Waals surface area contributed by atoms with Crippen molar-refractivity contribution in [3.63, 3.8) is 0 Å². The molecule has 0 amide bonds. The number of hydrogen-bond donors (Lipinski definition) is 0. The van der Waals surface area contributed by atoms with Gasteiger partial charge in [0.2, 0.25) is 5.82 Å². The summed E-state index contributed by atoms with van der Waals surface area (Å²) in [5, 5.41) is 14.6. The first-order valence-electron chi connectivity index (χ1n) is 20.6. The highest BCUT2D eigenvalue weighted by Gasteiger charge is 2.31. The fourth-order valence-corrected chi connectivity index (χ4v) is 8.50. The van der Waals surface area contributed by atoms with Gasteiger partial charge in [0, 0.05) is 27.1 Å². The van der Waals surface area contributed by atoms with Crippen LogP contribution in [0.3, 0.4) is 0 Å². The number of hydrogen-bond acceptors (Lipinski definition) is 1. The average molecular weight is 824 g/mol. The highest BCUT2D eigenvalue weighted by atomic mass is 19.2. The summed E-state index contributed by atoms with van der Waals surface area (Å²) in [6.45, 7) is 25.5. The Kier molecular flexibility index (Phi) is 9.44. The highest BCUT2D eigenvalue weighted by molar-refractivity contribution is 6.12. The largest absolute Gasteiger partial charge is 0.307 e. The van der Waals surface area contributed by atoms with E-state index in [4.69, 9.17) is 0 Å². The Balaban J connectivity index is 1.67. The van der Waals surface area contributed by atoms with Gasteiger partial charge in [-0.05, 0) is 80.3 Å². The third kappa shape index (κ3) is 6.68. The predicted molar refractivity (Wildman–Crippen MR) is 240 cm³/mol. The number of rotatable bonds is 3. The maximum atomic E-state index is 16.0. The molecule has 0 aliphatic rings. The molecule has 0 saturated carbocycles. The topological polar surface area (TPSA) is 33.6 Å². The SMILES string of the molecule is CC(C)(C)c1ccc2c3ccc(C(C)(C)C)cc3n(-c3cc(C#N)c(-c4c(F)c(F)c(F)c(F)c4F)cc3-n3c4cc(C(C)(C)C)ccc4c4ccc(C(C)(C)C)cc43)c2c1. The van der Waals surface area contributed by atoms with Crippen LogP contribution in [0, 0.1) is 40.4 Å². The molecule has 0 N–H and O–H groups in total. The number of fused-ring (bicyclic) bond motifs is 6. The Morgan fingerprint density at radius 2 is 0.672 bits per heavy atom. The third-order valence-electron chi connectivity index (χ3n) is 12.2. The predicted octanol–water partition coefficient (Wildman–Crippen LogP) is 15.3. The molecule has 3 nitrogen and oxygen atoms in total. The second-order valence-electron chi connectivity index (χ2n) is 20.5. The van der Waals surface area contributed by atoms with Gasteiger partial charge in [-0.3, -0.25) is 0 Å². The van der Waals surface area contributed by atoms with E-state index in [2.05, 4.69) is 167 Å². The van der Waals surface area contributed by atoms with Crippen molar-refractivity contribution in [2.45, 2.75) is 105 Å². The molecule has 8 rings (SSSR count). The van der Waals surface area contributed by atoms with Crippen molar-refractivity contribution in [2.24, 2.45) is 0 Å². The van der Waals surface area contributed by atoms with Crippen LogP contribution in [-0.4, -0.2) is 9.13 Å². The van der Waals surface area contributed by atoms with Crippen molar-refractivity contribution in [2.75, 3.05) is 0 Å². The van der Waals surface area contributed by atoms with E-state index in [0.717, 1.165) is 65.9 Å². The molecule has 312 valence electrons. The Hall–Kier alpha value is -5.94. The summed E-state index contributed by atoms with van der Waals surface area (Å²) in [4.78, 5) is 0. The minimum Gasteiger partial charge on any atom is -0.307 e. The Labute approximate surface area is 354 Å². The lowest BCUT2D eigenvalue weighted by atomic mass is 9.86. The molecular formula is C53H50F5N3. The van der Waals surface area contributed by atoms with Gasteiger partial charge in [0.05, 0.1) is 50.6 Å². The maximum Gasteiger partial charge on any atom is 0.200 e. The van der Waals surface area contributed by atoms with Crippen LogP contribution in [0.15, 0.2) is 84.9 Å². The van der Waals surface area contributed by atoms with E-state index >= 15 is 17.6 Å². The van der Waals surface area contributed by atoms with E-state index in [0.29, 0.717) is 11.4 Å². The van der Waals surface area contributed by atoms with Crippen LogP contribution < -0.4 is 0 Å². The first-order valence-corrected chi connectivity index (χ1v) is 20.6. The highest BCUT2D eigenvalue weighted by Crippen LogP contribution is 2.45. The zero-order valence-electron chi connectivity index (χ0n) is 36.8. The summed E-state index contributed by atoms with van der Waals surface area (Å²) < 4.78 is 80.9. The summed E-state index contributed by atoms with van der Waals surface area (Å²) >= 11 is 0. The second-order valence-corrected chi connectivity index (χ2v) is 20.5. The minimum absolute atomic E-state index is 0.248. The van der Waals surface area contributed by atoms with E-state index in [1.54, 1.807) is 0 Å². The molecule has 0 unspecified atom stereocenters. The molecule has 2 heterocycles. The molecule has 8 aromatic rings. The van der Waals surface area contributed by atoms with Crippen LogP contribution in [0.25, 0.3) is 66.1 Å². The van der Waals surface area contributed by atoms with Crippen molar-refractivity contribution < 1.29 is 22.0 Å². The zero-order valence-corrected chi connectivity index (χ0v) is 36.8. The molecule has 0 aliphatic heterocycles. The van der Waals surface area contributed by atoms with Crippen LogP contribution in [0.5, 0.6) is 0 Å². The Morgan fingerprint density at radius 3 is 0.951 bits per heavy atom. The lowest BCUT2D eigenvalue weighted by Crippen LogP contribution is -2.13. The number of nitriles is 1. The fourth-order valence-electron chi connectivity index (χ4n) is 8.50. The molecule has 61 heavy (non-hydrogen) atoms. The van der Waals surface area contributed by atoms with Gasteiger partial charge >= 0.3 is 0 Å². The van der Waals surface area contributed by atoms with Crippen LogP contribution in [0.2, 0.25) is 0 Å². The summed E-state index contributed by atoms with van der Waals surface area (Å²) in [5.41, 5.74) is 5.34. The van der Waals surface area contributed by atoms with Crippen LogP contribution >= 0.6 is 0 Å². The summed E-state index contributed by atoms with van der Waals surface area (Å²) in [7, 11) is 0. The number of nitrogens with zero attached hydrogens (tertiary/aromatic N) is 3. The van der Waals surface area contributed by atoms with Crippen molar-refractivity contribution in [3.05, 3.63) is 142 Å². The first kappa shape index (κ1) is 41.8. The van der Waals surface area contributed by atoms with Gasteiger partial charge in [0.25, 0.3) is 0 Å². The lowest BCUT2D eigenvalue weighted by Gasteiger charge is -2.23. The molecule has 0 aliphatic carbocycles. The van der Waals surface area contributed by atoms with Crippen LogP contribution in [0.4, 0.5) is 22.0 Å². The van der Waals surface area contributed by atoms with E-state index in [1.165, 1.54) is 12.1 Å². The number of aromatic nitrogens is 2. The molecule has 0 fully saturated rings. The molecule has 6 aromatic carbocycles. The second kappa shape index (κ2) is 13.8.